The molecule has 1 aromatic carbocycles. The lowest BCUT2D eigenvalue weighted by atomic mass is 10.1. The number of nitriles is 1. The van der Waals surface area contributed by atoms with Crippen LogP contribution in [0.2, 0.25) is 0 Å². The van der Waals surface area contributed by atoms with Crippen LogP contribution in [0.4, 0.5) is 0 Å². The third-order valence-electron chi connectivity index (χ3n) is 2.37. The van der Waals surface area contributed by atoms with Crippen molar-refractivity contribution >= 4 is 0 Å². The van der Waals surface area contributed by atoms with E-state index in [1.807, 2.05) is 36.4 Å². The van der Waals surface area contributed by atoms with Gasteiger partial charge in [-0.25, -0.2) is 4.98 Å². The zero-order valence-corrected chi connectivity index (χ0v) is 10.7. The van der Waals surface area contributed by atoms with Crippen LogP contribution in [0.25, 0.3) is 0 Å². The summed E-state index contributed by atoms with van der Waals surface area (Å²) in [7, 11) is 0. The average molecular weight is 254 g/mol. The summed E-state index contributed by atoms with van der Waals surface area (Å²) >= 11 is 0. The third kappa shape index (κ3) is 3.88. The second-order valence-corrected chi connectivity index (χ2v) is 3.74. The van der Waals surface area contributed by atoms with Gasteiger partial charge in [-0.05, 0) is 42.3 Å². The fourth-order valence-corrected chi connectivity index (χ4v) is 1.44. The molecule has 20 heavy (non-hydrogen) atoms. The normalized spacial score (nSPS) is 8.95. The lowest BCUT2D eigenvalue weighted by Crippen LogP contribution is -1.80. The molecule has 0 saturated heterocycles. The molecule has 2 heteroatoms. The fraction of sp³-hybridized carbons (Fsp3) is 0. The highest BCUT2D eigenvalue weighted by Gasteiger charge is 1.94. The van der Waals surface area contributed by atoms with Crippen LogP contribution in [0.5, 0.6) is 0 Å². The Morgan fingerprint density at radius 2 is 1.55 bits per heavy atom. The number of benzene rings is 1. The Hall–Kier alpha value is -3.28. The molecule has 2 nitrogen and oxygen atoms in total. The lowest BCUT2D eigenvalue weighted by molar-refractivity contribution is 1.29. The first-order valence-corrected chi connectivity index (χ1v) is 5.98. The van der Waals surface area contributed by atoms with Gasteiger partial charge in [0.1, 0.15) is 11.8 Å². The summed E-state index contributed by atoms with van der Waals surface area (Å²) in [6.45, 7) is 0. The first-order valence-electron chi connectivity index (χ1n) is 5.98. The van der Waals surface area contributed by atoms with Crippen LogP contribution in [0.3, 0.4) is 0 Å². The quantitative estimate of drug-likeness (QED) is 0.678. The Morgan fingerprint density at radius 3 is 2.25 bits per heavy atom. The van der Waals surface area contributed by atoms with E-state index in [9.17, 15) is 0 Å². The molecule has 92 valence electrons. The molecule has 0 atom stereocenters. The number of hydrogen-bond acceptors (Lipinski definition) is 2. The molecule has 0 radical (unpaired) electrons. The van der Waals surface area contributed by atoms with Gasteiger partial charge in [0.05, 0.1) is 5.56 Å². The van der Waals surface area contributed by atoms with Crippen LogP contribution in [-0.4, -0.2) is 4.98 Å². The van der Waals surface area contributed by atoms with E-state index in [0.29, 0.717) is 5.56 Å². The van der Waals surface area contributed by atoms with Crippen LogP contribution >= 0.6 is 0 Å². The van der Waals surface area contributed by atoms with Gasteiger partial charge in [-0.1, -0.05) is 36.0 Å². The first-order chi connectivity index (χ1) is 9.90. The average Bonchev–Trinajstić information content (AvgIpc) is 2.52. The van der Waals surface area contributed by atoms with Crippen LogP contribution in [0.1, 0.15) is 16.8 Å². The first kappa shape index (κ1) is 13.2. The summed E-state index contributed by atoms with van der Waals surface area (Å²) in [6, 6.07) is 14.9. The minimum atomic E-state index is 0.577. The minimum absolute atomic E-state index is 0.577. The summed E-state index contributed by atoms with van der Waals surface area (Å²) in [5, 5.41) is 8.92. The molecule has 0 saturated carbocycles. The van der Waals surface area contributed by atoms with Crippen molar-refractivity contribution in [1.82, 2.24) is 4.98 Å². The maximum Gasteiger partial charge on any atom is 0.113 e. The number of pyridine rings is 1. The Kier molecular flexibility index (Phi) is 4.75. The molecule has 2 rings (SSSR count). The molecular formula is C18H10N2. The number of hydrogen-bond donors (Lipinski definition) is 0. The highest BCUT2D eigenvalue weighted by molar-refractivity contribution is 5.49. The zero-order chi connectivity index (χ0) is 14.0. The van der Waals surface area contributed by atoms with Crippen molar-refractivity contribution in [2.24, 2.45) is 0 Å². The predicted octanol–water partition coefficient (Wildman–Crippen LogP) is 2.91. The molecular weight excluding hydrogens is 244 g/mol. The molecule has 0 unspecified atom stereocenters. The summed E-state index contributed by atoms with van der Waals surface area (Å²) < 4.78 is 0. The van der Waals surface area contributed by atoms with E-state index < -0.39 is 0 Å². The Bertz CT molecular complexity index is 773. The van der Waals surface area contributed by atoms with Gasteiger partial charge in [-0.15, -0.1) is 0 Å². The number of aromatic nitrogens is 1. The van der Waals surface area contributed by atoms with Crippen molar-refractivity contribution in [3.8, 4) is 29.8 Å². The van der Waals surface area contributed by atoms with E-state index in [2.05, 4.69) is 34.7 Å². The molecule has 0 amide bonds. The second kappa shape index (κ2) is 7.22. The van der Waals surface area contributed by atoms with Crippen molar-refractivity contribution < 1.29 is 0 Å². The zero-order valence-electron chi connectivity index (χ0n) is 10.7. The van der Waals surface area contributed by atoms with Gasteiger partial charge in [-0.3, -0.25) is 0 Å². The van der Waals surface area contributed by atoms with E-state index in [1.165, 1.54) is 0 Å². The largest absolute Gasteiger partial charge is 0.248 e. The molecule has 0 spiro atoms. The molecule has 0 aliphatic heterocycles. The fourth-order valence-electron chi connectivity index (χ4n) is 1.44. The van der Waals surface area contributed by atoms with E-state index in [0.717, 1.165) is 11.3 Å². The van der Waals surface area contributed by atoms with Gasteiger partial charge in [0.2, 0.25) is 0 Å². The molecule has 0 aliphatic rings. The summed E-state index contributed by atoms with van der Waals surface area (Å²) in [6.07, 6.45) is 5.02. The van der Waals surface area contributed by atoms with Crippen molar-refractivity contribution in [2.45, 2.75) is 0 Å². The standard InChI is InChI=1S/C18H10N2/c19-15-17-11-6-5-10-16(17)9-3-1-2-4-12-18-13-7-8-14-20-18/h1-2,5-8,10-11,13-14H/b2-1+. The molecule has 0 bridgehead atoms. The van der Waals surface area contributed by atoms with Gasteiger partial charge < -0.3 is 0 Å². The van der Waals surface area contributed by atoms with Crippen molar-refractivity contribution in [3.05, 3.63) is 77.6 Å². The van der Waals surface area contributed by atoms with Crippen molar-refractivity contribution in [2.75, 3.05) is 0 Å². The van der Waals surface area contributed by atoms with E-state index >= 15 is 0 Å². The maximum atomic E-state index is 8.92. The van der Waals surface area contributed by atoms with Crippen molar-refractivity contribution in [3.63, 3.8) is 0 Å². The van der Waals surface area contributed by atoms with E-state index in [4.69, 9.17) is 5.26 Å². The van der Waals surface area contributed by atoms with Gasteiger partial charge in [-0.2, -0.15) is 5.26 Å². The number of allylic oxidation sites excluding steroid dienone is 2. The molecule has 1 heterocycles. The molecule has 0 fully saturated rings. The summed E-state index contributed by atoms with van der Waals surface area (Å²) in [4.78, 5) is 4.09. The van der Waals surface area contributed by atoms with Crippen molar-refractivity contribution in [1.29, 1.82) is 5.26 Å². The Balaban J connectivity index is 2.04. The Labute approximate surface area is 118 Å². The second-order valence-electron chi connectivity index (χ2n) is 3.74. The van der Waals surface area contributed by atoms with E-state index in [1.54, 1.807) is 24.4 Å². The summed E-state index contributed by atoms with van der Waals surface area (Å²) in [5.41, 5.74) is 2.02. The van der Waals surface area contributed by atoms with Crippen LogP contribution < -0.4 is 0 Å². The smallest absolute Gasteiger partial charge is 0.113 e. The lowest BCUT2D eigenvalue weighted by Gasteiger charge is -1.91. The van der Waals surface area contributed by atoms with E-state index in [-0.39, 0.29) is 0 Å². The van der Waals surface area contributed by atoms with Crippen LogP contribution in [0, 0.1) is 35.0 Å². The monoisotopic (exact) mass is 254 g/mol. The van der Waals surface area contributed by atoms with Gasteiger partial charge in [0.15, 0.2) is 0 Å². The summed E-state index contributed by atoms with van der Waals surface area (Å²) in [5.74, 6) is 11.5. The SMILES string of the molecule is N#Cc1ccccc1C#C/C=C/C#Cc1ccccn1. The third-order valence-corrected chi connectivity index (χ3v) is 2.37. The highest BCUT2D eigenvalue weighted by atomic mass is 14.6. The number of rotatable bonds is 0. The molecule has 0 aliphatic carbocycles. The maximum absolute atomic E-state index is 8.92. The van der Waals surface area contributed by atoms with Crippen LogP contribution in [0.15, 0.2) is 60.8 Å². The molecule has 1 aromatic heterocycles. The Morgan fingerprint density at radius 1 is 0.850 bits per heavy atom. The minimum Gasteiger partial charge on any atom is -0.248 e. The van der Waals surface area contributed by atoms with Crippen LogP contribution in [-0.2, 0) is 0 Å². The van der Waals surface area contributed by atoms with Gasteiger partial charge in [0.25, 0.3) is 0 Å². The molecule has 2 aromatic rings. The topological polar surface area (TPSA) is 36.7 Å². The highest BCUT2D eigenvalue weighted by Crippen LogP contribution is 2.04. The van der Waals surface area contributed by atoms with Gasteiger partial charge in [0, 0.05) is 11.8 Å². The molecule has 0 N–H and O–H groups in total. The predicted molar refractivity (Wildman–Crippen MR) is 78.3 cm³/mol. The number of nitrogens with zero attached hydrogens (tertiary/aromatic N) is 2. The van der Waals surface area contributed by atoms with Gasteiger partial charge >= 0.3 is 0 Å².